The Balaban J connectivity index is 1.96. The van der Waals surface area contributed by atoms with Crippen LogP contribution in [0, 0.1) is 0 Å². The molecule has 1 fully saturated rings. The van der Waals surface area contributed by atoms with E-state index in [0.717, 1.165) is 12.3 Å². The number of nitrogens with zero attached hydrogens (tertiary/aromatic N) is 1. The molecule has 104 valence electrons. The van der Waals surface area contributed by atoms with Gasteiger partial charge in [0, 0.05) is 12.3 Å². The lowest BCUT2D eigenvalue weighted by Gasteiger charge is -2.23. The SMILES string of the molecule is COc1ccccc1OCC1SCCN1C(=O)CCl. The molecule has 1 aromatic rings. The first kappa shape index (κ1) is 14.3. The molecule has 2 rings (SSSR count). The minimum atomic E-state index is -0.0414. The zero-order valence-corrected chi connectivity index (χ0v) is 12.2. The first-order valence-electron chi connectivity index (χ1n) is 5.99. The van der Waals surface area contributed by atoms with Crippen LogP contribution < -0.4 is 9.47 Å². The lowest BCUT2D eigenvalue weighted by atomic mass is 10.3. The first-order valence-corrected chi connectivity index (χ1v) is 7.57. The minimum Gasteiger partial charge on any atom is -0.493 e. The Morgan fingerprint density at radius 1 is 1.47 bits per heavy atom. The van der Waals surface area contributed by atoms with Crippen molar-refractivity contribution in [2.75, 3.05) is 31.9 Å². The van der Waals surface area contributed by atoms with Gasteiger partial charge in [-0.3, -0.25) is 4.79 Å². The maximum atomic E-state index is 11.7. The van der Waals surface area contributed by atoms with Crippen molar-refractivity contribution in [3.05, 3.63) is 24.3 Å². The van der Waals surface area contributed by atoms with E-state index in [9.17, 15) is 4.79 Å². The van der Waals surface area contributed by atoms with Gasteiger partial charge in [-0.2, -0.15) is 0 Å². The van der Waals surface area contributed by atoms with Crippen LogP contribution in [-0.2, 0) is 4.79 Å². The highest BCUT2D eigenvalue weighted by Gasteiger charge is 2.29. The molecule has 0 aromatic heterocycles. The number of methoxy groups -OCH3 is 1. The Hall–Kier alpha value is -1.07. The van der Waals surface area contributed by atoms with Crippen LogP contribution in [0.25, 0.3) is 0 Å². The van der Waals surface area contributed by atoms with E-state index in [0.29, 0.717) is 18.1 Å². The fourth-order valence-corrected chi connectivity index (χ4v) is 3.22. The summed E-state index contributed by atoms with van der Waals surface area (Å²) in [6.45, 7) is 1.17. The molecule has 0 radical (unpaired) electrons. The Bertz CT molecular complexity index is 444. The molecule has 0 spiro atoms. The number of hydrogen-bond donors (Lipinski definition) is 0. The summed E-state index contributed by atoms with van der Waals surface area (Å²) in [6.07, 6.45) is 0. The number of hydrogen-bond acceptors (Lipinski definition) is 4. The average molecular weight is 302 g/mol. The van der Waals surface area contributed by atoms with Crippen molar-refractivity contribution < 1.29 is 14.3 Å². The van der Waals surface area contributed by atoms with Gasteiger partial charge in [0.15, 0.2) is 11.5 Å². The molecule has 0 bridgehead atoms. The third-order valence-electron chi connectivity index (χ3n) is 2.88. The second kappa shape index (κ2) is 6.91. The zero-order valence-electron chi connectivity index (χ0n) is 10.7. The second-order valence-electron chi connectivity index (χ2n) is 4.01. The topological polar surface area (TPSA) is 38.8 Å². The van der Waals surface area contributed by atoms with E-state index in [-0.39, 0.29) is 17.2 Å². The number of alkyl halides is 1. The first-order chi connectivity index (χ1) is 9.26. The van der Waals surface area contributed by atoms with Gasteiger partial charge in [0.2, 0.25) is 5.91 Å². The summed E-state index contributed by atoms with van der Waals surface area (Å²) < 4.78 is 11.0. The second-order valence-corrected chi connectivity index (χ2v) is 5.56. The van der Waals surface area contributed by atoms with E-state index >= 15 is 0 Å². The summed E-state index contributed by atoms with van der Waals surface area (Å²) in [5.41, 5.74) is 0. The molecule has 4 nitrogen and oxygen atoms in total. The smallest absolute Gasteiger partial charge is 0.238 e. The molecule has 0 N–H and O–H groups in total. The molecule has 1 aromatic carbocycles. The predicted octanol–water partition coefficient (Wildman–Crippen LogP) is 2.21. The van der Waals surface area contributed by atoms with Gasteiger partial charge in [0.25, 0.3) is 0 Å². The van der Waals surface area contributed by atoms with E-state index in [1.54, 1.807) is 23.8 Å². The fraction of sp³-hybridized carbons (Fsp3) is 0.462. The molecule has 1 atom stereocenters. The number of thioether (sulfide) groups is 1. The van der Waals surface area contributed by atoms with Crippen molar-refractivity contribution in [3.8, 4) is 11.5 Å². The number of halogens is 1. The van der Waals surface area contributed by atoms with Gasteiger partial charge in [0.05, 0.1) is 7.11 Å². The molecule has 1 unspecified atom stereocenters. The van der Waals surface area contributed by atoms with Gasteiger partial charge >= 0.3 is 0 Å². The Labute approximate surface area is 122 Å². The Morgan fingerprint density at radius 3 is 2.89 bits per heavy atom. The van der Waals surface area contributed by atoms with Crippen molar-refractivity contribution in [2.24, 2.45) is 0 Å². The van der Waals surface area contributed by atoms with Gasteiger partial charge in [0.1, 0.15) is 17.9 Å². The Kier molecular flexibility index (Phi) is 5.22. The van der Waals surface area contributed by atoms with E-state index in [4.69, 9.17) is 21.1 Å². The van der Waals surface area contributed by atoms with Gasteiger partial charge in [-0.15, -0.1) is 23.4 Å². The molecular weight excluding hydrogens is 286 g/mol. The largest absolute Gasteiger partial charge is 0.493 e. The van der Waals surface area contributed by atoms with Crippen LogP contribution in [0.15, 0.2) is 24.3 Å². The van der Waals surface area contributed by atoms with Crippen LogP contribution in [-0.4, -0.2) is 48.1 Å². The molecule has 0 saturated carbocycles. The van der Waals surface area contributed by atoms with Crippen LogP contribution in [0.4, 0.5) is 0 Å². The van der Waals surface area contributed by atoms with E-state index < -0.39 is 0 Å². The highest BCUT2D eigenvalue weighted by atomic mass is 35.5. The van der Waals surface area contributed by atoms with E-state index in [2.05, 4.69) is 0 Å². The molecule has 1 aliphatic heterocycles. The van der Waals surface area contributed by atoms with E-state index in [1.165, 1.54) is 0 Å². The molecule has 1 aliphatic rings. The van der Waals surface area contributed by atoms with Crippen LogP contribution >= 0.6 is 23.4 Å². The third kappa shape index (κ3) is 3.48. The van der Waals surface area contributed by atoms with Crippen molar-refractivity contribution in [3.63, 3.8) is 0 Å². The maximum absolute atomic E-state index is 11.7. The zero-order chi connectivity index (χ0) is 13.7. The predicted molar refractivity (Wildman–Crippen MR) is 77.2 cm³/mol. The molecule has 0 aliphatic carbocycles. The van der Waals surface area contributed by atoms with E-state index in [1.807, 2.05) is 24.3 Å². The molecule has 6 heteroatoms. The van der Waals surface area contributed by atoms with Crippen LogP contribution in [0.5, 0.6) is 11.5 Å². The lowest BCUT2D eigenvalue weighted by Crippen LogP contribution is -2.38. The Morgan fingerprint density at radius 2 is 2.21 bits per heavy atom. The normalized spacial score (nSPS) is 18.4. The summed E-state index contributed by atoms with van der Waals surface area (Å²) in [4.78, 5) is 13.4. The van der Waals surface area contributed by atoms with Gasteiger partial charge in [-0.1, -0.05) is 12.1 Å². The number of para-hydroxylation sites is 2. The molecule has 1 saturated heterocycles. The maximum Gasteiger partial charge on any atom is 0.238 e. The molecule has 1 heterocycles. The van der Waals surface area contributed by atoms with Crippen LogP contribution in [0.2, 0.25) is 0 Å². The number of benzene rings is 1. The van der Waals surface area contributed by atoms with Crippen LogP contribution in [0.3, 0.4) is 0 Å². The summed E-state index contributed by atoms with van der Waals surface area (Å²) in [5.74, 6) is 2.28. The summed E-state index contributed by atoms with van der Waals surface area (Å²) in [7, 11) is 1.61. The van der Waals surface area contributed by atoms with Gasteiger partial charge in [-0.25, -0.2) is 0 Å². The van der Waals surface area contributed by atoms with Crippen molar-refractivity contribution in [2.45, 2.75) is 5.37 Å². The van der Waals surface area contributed by atoms with Crippen molar-refractivity contribution in [1.82, 2.24) is 4.90 Å². The quantitative estimate of drug-likeness (QED) is 0.782. The van der Waals surface area contributed by atoms with Crippen molar-refractivity contribution >= 4 is 29.3 Å². The third-order valence-corrected chi connectivity index (χ3v) is 4.30. The number of carbonyl (C=O) groups excluding carboxylic acids is 1. The lowest BCUT2D eigenvalue weighted by molar-refractivity contribution is -0.128. The average Bonchev–Trinajstić information content (AvgIpc) is 2.93. The standard InChI is InChI=1S/C13H16ClNO3S/c1-17-10-4-2-3-5-11(10)18-9-13-15(6-7-19-13)12(16)8-14/h2-5,13H,6-9H2,1H3. The minimum absolute atomic E-state index is 0.0196. The number of carbonyl (C=O) groups is 1. The molecule has 1 amide bonds. The number of rotatable bonds is 5. The fourth-order valence-electron chi connectivity index (χ4n) is 1.92. The summed E-state index contributed by atoms with van der Waals surface area (Å²) >= 11 is 7.31. The monoisotopic (exact) mass is 301 g/mol. The van der Waals surface area contributed by atoms with Gasteiger partial charge < -0.3 is 14.4 Å². The number of ether oxygens (including phenoxy) is 2. The van der Waals surface area contributed by atoms with Gasteiger partial charge in [-0.05, 0) is 12.1 Å². The van der Waals surface area contributed by atoms with Crippen LogP contribution in [0.1, 0.15) is 0 Å². The summed E-state index contributed by atoms with van der Waals surface area (Å²) in [5, 5.41) is 0.0242. The molecule has 19 heavy (non-hydrogen) atoms. The highest BCUT2D eigenvalue weighted by molar-refractivity contribution is 8.00. The molecular formula is C13H16ClNO3S. The summed E-state index contributed by atoms with van der Waals surface area (Å²) in [6, 6.07) is 7.48. The van der Waals surface area contributed by atoms with Crippen molar-refractivity contribution in [1.29, 1.82) is 0 Å². The number of amides is 1. The highest BCUT2D eigenvalue weighted by Crippen LogP contribution is 2.29.